The minimum atomic E-state index is -0.228. The maximum atomic E-state index is 12.4. The van der Waals surface area contributed by atoms with E-state index in [-0.39, 0.29) is 17.7 Å². The first-order chi connectivity index (χ1) is 12.6. The van der Waals surface area contributed by atoms with Gasteiger partial charge in [0.2, 0.25) is 11.8 Å². The fourth-order valence-corrected chi connectivity index (χ4v) is 4.15. The van der Waals surface area contributed by atoms with Crippen molar-refractivity contribution in [3.05, 3.63) is 29.7 Å². The third kappa shape index (κ3) is 3.32. The number of aryl methyl sites for hydroxylation is 1. The molecule has 2 amide bonds. The number of likely N-dealkylation sites (tertiary alicyclic amines) is 1. The normalized spacial score (nSPS) is 21.0. The molecule has 1 saturated heterocycles. The van der Waals surface area contributed by atoms with E-state index in [1.807, 2.05) is 30.0 Å². The van der Waals surface area contributed by atoms with Gasteiger partial charge in [-0.05, 0) is 31.4 Å². The number of hydrogen-bond donors (Lipinski definition) is 1. The molecule has 0 unspecified atom stereocenters. The molecule has 1 aromatic carbocycles. The molecule has 6 heteroatoms. The number of amides is 2. The number of hydrogen-bond acceptors (Lipinski definition) is 4. The SMILES string of the molecule is Cc1cccc2oc(CCNC(=O)[C@H]3CC(=O)N(C4CCCC4)C3)nc12. The molecule has 1 aromatic heterocycles. The molecule has 4 rings (SSSR count). The lowest BCUT2D eigenvalue weighted by Crippen LogP contribution is -2.37. The molecule has 2 aromatic rings. The zero-order chi connectivity index (χ0) is 18.1. The van der Waals surface area contributed by atoms with E-state index in [9.17, 15) is 9.59 Å². The smallest absolute Gasteiger partial charge is 0.225 e. The first kappa shape index (κ1) is 17.1. The van der Waals surface area contributed by atoms with Gasteiger partial charge in [0, 0.05) is 32.0 Å². The summed E-state index contributed by atoms with van der Waals surface area (Å²) in [6.07, 6.45) is 5.43. The van der Waals surface area contributed by atoms with Crippen LogP contribution in [0.1, 0.15) is 43.6 Å². The molecule has 138 valence electrons. The molecule has 26 heavy (non-hydrogen) atoms. The van der Waals surface area contributed by atoms with E-state index in [4.69, 9.17) is 4.42 Å². The Kier molecular flexibility index (Phi) is 4.66. The molecule has 0 spiro atoms. The van der Waals surface area contributed by atoms with Crippen molar-refractivity contribution in [1.82, 2.24) is 15.2 Å². The van der Waals surface area contributed by atoms with Gasteiger partial charge in [0.1, 0.15) is 5.52 Å². The van der Waals surface area contributed by atoms with Gasteiger partial charge in [0.25, 0.3) is 0 Å². The average molecular weight is 355 g/mol. The fraction of sp³-hybridized carbons (Fsp3) is 0.550. The number of carbonyl (C=O) groups is 2. The van der Waals surface area contributed by atoms with Crippen molar-refractivity contribution in [1.29, 1.82) is 0 Å². The standard InChI is InChI=1S/C20H25N3O3/c1-13-5-4-8-16-19(13)22-17(26-16)9-10-21-20(25)14-11-18(24)23(12-14)15-6-2-3-7-15/h4-5,8,14-15H,2-3,6-7,9-12H2,1H3,(H,21,25)/t14-/m0/s1. The number of carbonyl (C=O) groups excluding carboxylic acids is 2. The quantitative estimate of drug-likeness (QED) is 0.894. The molecule has 1 aliphatic carbocycles. The van der Waals surface area contributed by atoms with Crippen molar-refractivity contribution >= 4 is 22.9 Å². The number of benzene rings is 1. The van der Waals surface area contributed by atoms with E-state index in [2.05, 4.69) is 10.3 Å². The van der Waals surface area contributed by atoms with Crippen LogP contribution in [0.2, 0.25) is 0 Å². The summed E-state index contributed by atoms with van der Waals surface area (Å²) in [6, 6.07) is 6.20. The van der Waals surface area contributed by atoms with E-state index in [1.165, 1.54) is 12.8 Å². The number of para-hydroxylation sites is 1. The number of oxazole rings is 1. The first-order valence-corrected chi connectivity index (χ1v) is 9.54. The second-order valence-electron chi connectivity index (χ2n) is 7.46. The van der Waals surface area contributed by atoms with Gasteiger partial charge < -0.3 is 14.6 Å². The zero-order valence-electron chi connectivity index (χ0n) is 15.2. The van der Waals surface area contributed by atoms with Crippen LogP contribution in [0.25, 0.3) is 11.1 Å². The summed E-state index contributed by atoms with van der Waals surface area (Å²) in [5.41, 5.74) is 2.74. The van der Waals surface area contributed by atoms with Crippen LogP contribution < -0.4 is 5.32 Å². The number of rotatable bonds is 5. The maximum absolute atomic E-state index is 12.4. The Morgan fingerprint density at radius 2 is 2.15 bits per heavy atom. The van der Waals surface area contributed by atoms with Crippen LogP contribution >= 0.6 is 0 Å². The summed E-state index contributed by atoms with van der Waals surface area (Å²) < 4.78 is 5.73. The Morgan fingerprint density at radius 3 is 2.92 bits per heavy atom. The minimum Gasteiger partial charge on any atom is -0.441 e. The van der Waals surface area contributed by atoms with E-state index in [0.29, 0.717) is 37.9 Å². The fourth-order valence-electron chi connectivity index (χ4n) is 4.15. The minimum absolute atomic E-state index is 0.0360. The van der Waals surface area contributed by atoms with Crippen molar-refractivity contribution in [2.45, 2.75) is 51.5 Å². The van der Waals surface area contributed by atoms with Crippen LogP contribution in [0.4, 0.5) is 0 Å². The Morgan fingerprint density at radius 1 is 1.35 bits per heavy atom. The summed E-state index contributed by atoms with van der Waals surface area (Å²) in [4.78, 5) is 31.1. The molecular weight excluding hydrogens is 330 g/mol. The molecule has 1 aliphatic heterocycles. The summed E-state index contributed by atoms with van der Waals surface area (Å²) in [5.74, 6) is 0.497. The lowest BCUT2D eigenvalue weighted by molar-refractivity contribution is -0.130. The number of fused-ring (bicyclic) bond motifs is 1. The second kappa shape index (κ2) is 7.09. The Hall–Kier alpha value is -2.37. The molecule has 2 fully saturated rings. The van der Waals surface area contributed by atoms with Crippen LogP contribution in [-0.2, 0) is 16.0 Å². The summed E-state index contributed by atoms with van der Waals surface area (Å²) in [5, 5.41) is 2.95. The summed E-state index contributed by atoms with van der Waals surface area (Å²) in [6.45, 7) is 3.04. The second-order valence-corrected chi connectivity index (χ2v) is 7.46. The molecule has 1 N–H and O–H groups in total. The predicted molar refractivity (Wildman–Crippen MR) is 97.5 cm³/mol. The van der Waals surface area contributed by atoms with Crippen LogP contribution in [0.3, 0.4) is 0 Å². The van der Waals surface area contributed by atoms with E-state index in [0.717, 1.165) is 29.5 Å². The predicted octanol–water partition coefficient (Wildman–Crippen LogP) is 2.59. The lowest BCUT2D eigenvalue weighted by atomic mass is 10.1. The van der Waals surface area contributed by atoms with Gasteiger partial charge in [-0.25, -0.2) is 4.98 Å². The van der Waals surface area contributed by atoms with Crippen molar-refractivity contribution < 1.29 is 14.0 Å². The van der Waals surface area contributed by atoms with Crippen molar-refractivity contribution in [2.75, 3.05) is 13.1 Å². The Bertz CT molecular complexity index is 823. The number of nitrogens with one attached hydrogen (secondary N) is 1. The first-order valence-electron chi connectivity index (χ1n) is 9.54. The maximum Gasteiger partial charge on any atom is 0.225 e. The van der Waals surface area contributed by atoms with Gasteiger partial charge in [0.15, 0.2) is 11.5 Å². The van der Waals surface area contributed by atoms with Crippen LogP contribution in [0, 0.1) is 12.8 Å². The number of nitrogens with zero attached hydrogens (tertiary/aromatic N) is 2. The highest BCUT2D eigenvalue weighted by molar-refractivity contribution is 5.89. The van der Waals surface area contributed by atoms with Crippen LogP contribution in [-0.4, -0.2) is 40.8 Å². The van der Waals surface area contributed by atoms with Gasteiger partial charge >= 0.3 is 0 Å². The third-order valence-electron chi connectivity index (χ3n) is 5.60. The van der Waals surface area contributed by atoms with Gasteiger partial charge in [-0.1, -0.05) is 25.0 Å². The topological polar surface area (TPSA) is 75.4 Å². The summed E-state index contributed by atoms with van der Waals surface area (Å²) >= 11 is 0. The number of aromatic nitrogens is 1. The third-order valence-corrected chi connectivity index (χ3v) is 5.60. The van der Waals surface area contributed by atoms with Crippen LogP contribution in [0.15, 0.2) is 22.6 Å². The van der Waals surface area contributed by atoms with Crippen molar-refractivity contribution in [3.8, 4) is 0 Å². The zero-order valence-corrected chi connectivity index (χ0v) is 15.2. The average Bonchev–Trinajstić information content (AvgIpc) is 3.33. The molecule has 6 nitrogen and oxygen atoms in total. The Balaban J connectivity index is 1.29. The molecule has 1 saturated carbocycles. The highest BCUT2D eigenvalue weighted by atomic mass is 16.3. The van der Waals surface area contributed by atoms with Gasteiger partial charge in [0.05, 0.1) is 5.92 Å². The largest absolute Gasteiger partial charge is 0.441 e. The molecular formula is C20H25N3O3. The molecule has 2 aliphatic rings. The van der Waals surface area contributed by atoms with E-state index >= 15 is 0 Å². The summed E-state index contributed by atoms with van der Waals surface area (Å²) in [7, 11) is 0. The highest BCUT2D eigenvalue weighted by Gasteiger charge is 2.38. The highest BCUT2D eigenvalue weighted by Crippen LogP contribution is 2.29. The monoisotopic (exact) mass is 355 g/mol. The van der Waals surface area contributed by atoms with Crippen LogP contribution in [0.5, 0.6) is 0 Å². The van der Waals surface area contributed by atoms with E-state index < -0.39 is 0 Å². The molecule has 0 radical (unpaired) electrons. The van der Waals surface area contributed by atoms with E-state index in [1.54, 1.807) is 0 Å². The lowest BCUT2D eigenvalue weighted by Gasteiger charge is -2.23. The van der Waals surface area contributed by atoms with Gasteiger partial charge in [-0.3, -0.25) is 9.59 Å². The molecule has 1 atom stereocenters. The van der Waals surface area contributed by atoms with Gasteiger partial charge in [-0.2, -0.15) is 0 Å². The molecule has 2 heterocycles. The molecule has 0 bridgehead atoms. The van der Waals surface area contributed by atoms with Gasteiger partial charge in [-0.15, -0.1) is 0 Å². The Labute approximate surface area is 152 Å². The van der Waals surface area contributed by atoms with Crippen molar-refractivity contribution in [3.63, 3.8) is 0 Å². The van der Waals surface area contributed by atoms with Crippen molar-refractivity contribution in [2.24, 2.45) is 5.92 Å².